The van der Waals surface area contributed by atoms with Crippen LogP contribution in [0.3, 0.4) is 0 Å². The van der Waals surface area contributed by atoms with E-state index < -0.39 is 73.6 Å². The Balaban J connectivity index is 0.000000120. The first kappa shape index (κ1) is 73.7. The van der Waals surface area contributed by atoms with Crippen LogP contribution in [0.5, 0.6) is 0 Å². The normalized spacial score (nSPS) is 25.0. The van der Waals surface area contributed by atoms with Crippen molar-refractivity contribution in [2.24, 2.45) is 21.7 Å². The SMILES string of the molecule is CC(=O)[C@@]12CC[C@@H](c3cc(-c4c(F)cccc4F)nnc31)C2(C)C.CC1(C)[C@H]2CC[C@]1(c1ccnc(N)n1)c1nnc(-c3c(F)cccc3F)cc12.CN(C)/C=C/C(=O)[C@@]12CC[C@@H](c3cc(-c4c(F)cccc4F)nnc31)C2(C)C.CON(C)C(=O)[C@@]12CC[C@@H](c3cc(-c4c(F)cccc4F)nnc31)C2(C)C. The fourth-order valence-corrected chi connectivity index (χ4v) is 20.4. The molecular weight excluding hydrogens is 1380 g/mol. The molecule has 5 aromatic heterocycles. The van der Waals surface area contributed by atoms with Crippen molar-refractivity contribution in [2.75, 3.05) is 34.0 Å². The first-order valence-electron chi connectivity index (χ1n) is 35.7. The average Bonchev–Trinajstić information content (AvgIpc) is 1.54. The van der Waals surface area contributed by atoms with Gasteiger partial charge in [0.05, 0.1) is 96.9 Å². The van der Waals surface area contributed by atoms with Crippen LogP contribution in [0.4, 0.5) is 41.1 Å². The number of ketones is 2. The fourth-order valence-electron chi connectivity index (χ4n) is 20.4. The van der Waals surface area contributed by atoms with E-state index in [0.29, 0.717) is 29.9 Å². The number of allylic oxidation sites excluding steroid dienone is 1. The van der Waals surface area contributed by atoms with Gasteiger partial charge in [-0.05, 0) is 211 Å². The molecule has 554 valence electrons. The van der Waals surface area contributed by atoms with E-state index in [1.165, 1.54) is 85.0 Å². The number of amides is 1. The van der Waals surface area contributed by atoms with E-state index in [0.717, 1.165) is 72.2 Å². The number of hydrogen-bond acceptors (Lipinski definition) is 16. The fraction of sp³-hybridized carbons (Fsp3) is 0.402. The maximum absolute atomic E-state index is 14.3. The zero-order valence-electron chi connectivity index (χ0n) is 61.6. The number of likely N-dealkylation sites (N-methyl/N-ethyl adjacent to an activating group) is 1. The molecule has 0 saturated heterocycles. The number of hydrogen-bond donors (Lipinski definition) is 1. The minimum Gasteiger partial charge on any atom is -0.383 e. The highest BCUT2D eigenvalue weighted by molar-refractivity contribution is 6.01. The van der Waals surface area contributed by atoms with Crippen LogP contribution in [0.15, 0.2) is 122 Å². The van der Waals surface area contributed by atoms with Crippen LogP contribution in [0.1, 0.15) is 188 Å². The number of rotatable bonds is 11. The van der Waals surface area contributed by atoms with Gasteiger partial charge in [-0.15, -0.1) is 20.4 Å². The van der Waals surface area contributed by atoms with Gasteiger partial charge >= 0.3 is 0 Å². The summed E-state index contributed by atoms with van der Waals surface area (Å²) < 4.78 is 114. The van der Waals surface area contributed by atoms with Gasteiger partial charge in [-0.3, -0.25) is 19.2 Å². The number of benzene rings is 4. The van der Waals surface area contributed by atoms with E-state index in [2.05, 4.69) is 92.3 Å². The second kappa shape index (κ2) is 26.1. The number of Topliss-reactive ketones (excluding diaryl/α,β-unsaturated/α-hetero) is 1. The molecule has 0 aliphatic heterocycles. The number of aromatic nitrogens is 10. The number of hydroxylamine groups is 2. The summed E-state index contributed by atoms with van der Waals surface area (Å²) in [5.41, 5.74) is 9.26. The number of nitrogens with zero attached hydrogens (tertiary/aromatic N) is 12. The molecule has 4 fully saturated rings. The molecule has 0 spiro atoms. The number of carbonyl (C=O) groups excluding carboxylic acids is 3. The van der Waals surface area contributed by atoms with Crippen LogP contribution in [0, 0.1) is 68.2 Å². The number of fused-ring (bicyclic) bond motifs is 20. The molecule has 0 unspecified atom stereocenters. The minimum absolute atomic E-state index is 0.00609. The van der Waals surface area contributed by atoms with Gasteiger partial charge in [0.2, 0.25) is 5.95 Å². The Hall–Kier alpha value is -10.2. The molecular formula is C82H81F8N13O4. The van der Waals surface area contributed by atoms with Gasteiger partial charge in [-0.25, -0.2) is 50.2 Å². The molecule has 8 aliphatic rings. The first-order chi connectivity index (χ1) is 50.6. The lowest BCUT2D eigenvalue weighted by atomic mass is 9.66. The van der Waals surface area contributed by atoms with Crippen molar-refractivity contribution in [3.05, 3.63) is 219 Å². The summed E-state index contributed by atoms with van der Waals surface area (Å²) >= 11 is 0. The van der Waals surface area contributed by atoms with E-state index >= 15 is 0 Å². The summed E-state index contributed by atoms with van der Waals surface area (Å²) in [4.78, 5) is 54.4. The molecule has 1 amide bonds. The maximum Gasteiger partial charge on any atom is 0.258 e. The highest BCUT2D eigenvalue weighted by atomic mass is 19.2. The van der Waals surface area contributed by atoms with Crippen molar-refractivity contribution in [3.8, 4) is 45.0 Å². The topological polar surface area (TPSA) is 222 Å². The Bertz CT molecular complexity index is 5130. The molecule has 8 aliphatic carbocycles. The predicted octanol–water partition coefficient (Wildman–Crippen LogP) is 16.0. The maximum atomic E-state index is 14.3. The Morgan fingerprint density at radius 3 is 1.17 bits per heavy atom. The highest BCUT2D eigenvalue weighted by Crippen LogP contribution is 2.72. The van der Waals surface area contributed by atoms with Gasteiger partial charge in [0.15, 0.2) is 5.78 Å². The summed E-state index contributed by atoms with van der Waals surface area (Å²) in [5, 5.41) is 35.2. The quantitative estimate of drug-likeness (QED) is 0.0722. The third-order valence-corrected chi connectivity index (χ3v) is 26.0. The van der Waals surface area contributed by atoms with Crippen molar-refractivity contribution >= 4 is 23.4 Å². The van der Waals surface area contributed by atoms with Crippen LogP contribution >= 0.6 is 0 Å². The predicted molar refractivity (Wildman–Crippen MR) is 383 cm³/mol. The largest absolute Gasteiger partial charge is 0.383 e. The second-order valence-corrected chi connectivity index (χ2v) is 31.9. The number of nitrogen functional groups attached to an aromatic ring is 1. The number of carbonyl (C=O) groups is 3. The molecule has 17 rings (SSSR count). The summed E-state index contributed by atoms with van der Waals surface area (Å²) in [6.07, 6.45) is 11.4. The smallest absolute Gasteiger partial charge is 0.258 e. The lowest BCUT2D eigenvalue weighted by Crippen LogP contribution is -2.50. The molecule has 8 atom stereocenters. The van der Waals surface area contributed by atoms with E-state index in [-0.39, 0.29) is 108 Å². The van der Waals surface area contributed by atoms with Crippen LogP contribution < -0.4 is 5.73 Å². The zero-order chi connectivity index (χ0) is 76.8. The van der Waals surface area contributed by atoms with Gasteiger partial charge in [0.25, 0.3) is 5.91 Å². The van der Waals surface area contributed by atoms with Crippen molar-refractivity contribution in [2.45, 2.75) is 159 Å². The molecule has 17 nitrogen and oxygen atoms in total. The number of nitrogens with two attached hydrogens (primary N) is 1. The summed E-state index contributed by atoms with van der Waals surface area (Å²) in [6.45, 7) is 18.4. The van der Waals surface area contributed by atoms with Crippen molar-refractivity contribution in [1.82, 2.24) is 60.7 Å². The van der Waals surface area contributed by atoms with E-state index in [4.69, 9.17) is 10.6 Å². The van der Waals surface area contributed by atoms with E-state index in [9.17, 15) is 49.5 Å². The monoisotopic (exact) mass is 1460 g/mol. The Kier molecular flexibility index (Phi) is 18.0. The van der Waals surface area contributed by atoms with Crippen LogP contribution in [0.25, 0.3) is 45.0 Å². The molecule has 5 heterocycles. The highest BCUT2D eigenvalue weighted by Gasteiger charge is 2.70. The molecule has 2 N–H and O–H groups in total. The number of anilines is 1. The molecule has 107 heavy (non-hydrogen) atoms. The third kappa shape index (κ3) is 10.5. The molecule has 4 aromatic carbocycles. The second-order valence-electron chi connectivity index (χ2n) is 31.9. The summed E-state index contributed by atoms with van der Waals surface area (Å²) in [5.74, 6) is -4.66. The van der Waals surface area contributed by atoms with Crippen molar-refractivity contribution < 1.29 is 54.3 Å². The van der Waals surface area contributed by atoms with E-state index in [1.807, 2.05) is 38.9 Å². The Morgan fingerprint density at radius 1 is 0.458 bits per heavy atom. The molecule has 25 heteroatoms. The first-order valence-corrected chi connectivity index (χ1v) is 35.7. The summed E-state index contributed by atoms with van der Waals surface area (Å²) in [7, 11) is 6.75. The Labute approximate surface area is 614 Å². The molecule has 4 saturated carbocycles. The van der Waals surface area contributed by atoms with E-state index in [1.54, 1.807) is 56.7 Å². The number of halogens is 8. The van der Waals surface area contributed by atoms with Crippen molar-refractivity contribution in [3.63, 3.8) is 0 Å². The summed E-state index contributed by atoms with van der Waals surface area (Å²) in [6, 6.07) is 23.8. The van der Waals surface area contributed by atoms with Gasteiger partial charge in [-0.1, -0.05) is 79.7 Å². The van der Waals surface area contributed by atoms with Gasteiger partial charge in [0.1, 0.15) is 57.7 Å². The van der Waals surface area contributed by atoms with Gasteiger partial charge in [0, 0.05) is 33.5 Å². The van der Waals surface area contributed by atoms with Crippen LogP contribution in [-0.2, 0) is 40.9 Å². The average molecular weight is 1460 g/mol. The lowest BCUT2D eigenvalue weighted by Gasteiger charge is -2.38. The van der Waals surface area contributed by atoms with Gasteiger partial charge in [-0.2, -0.15) is 20.4 Å². The molecule has 9 aromatic rings. The zero-order valence-corrected chi connectivity index (χ0v) is 61.6. The van der Waals surface area contributed by atoms with Crippen LogP contribution in [-0.4, -0.2) is 106 Å². The molecule has 0 radical (unpaired) electrons. The van der Waals surface area contributed by atoms with Gasteiger partial charge < -0.3 is 10.6 Å². The van der Waals surface area contributed by atoms with Crippen LogP contribution in [0.2, 0.25) is 0 Å². The standard InChI is InChI=1S/C22H23F2N3O.C21H19F2N5.C20H21F2N3O2.C19H18F2N2O/c1-21(2)14-8-10-22(21,18(28)9-11-27(3)4)20-13(14)12-17(25-26-20)19-15(23)6-5-7-16(19)24;1-20(2)12-6-8-21(20,16-7-9-25-19(24)26-16)18-11(12)10-15(27-28-18)17-13(22)4-3-5-14(17)23;1-19(2)12-8-9-20(19,18(26)25(3)27-4)17-11(12)10-15(23-24-17)16-13(21)6-5-7-14(16)22;1-10(24)19-8-7-12(18(19,2)3)11-9-15(22-23-17(11)19)16-13(20)5-4-6-14(16)21/h5-7,9,11-12,14H,8,10H2,1-4H3;3-5,7,9-10,12H,6,8H2,1-2H3,(H2,24,25,26);5-7,10,12H,8-9H2,1-4H3;4-6,9,12H,7-8H2,1-3H3/b11-9+;;;/t14-,22-;12-,21-;12-,20+;12-,19-/m0000/s1. The molecule has 8 bridgehead atoms. The minimum atomic E-state index is -0.850. The Morgan fingerprint density at radius 2 is 0.785 bits per heavy atom. The third-order valence-electron chi connectivity index (χ3n) is 26.0. The lowest BCUT2D eigenvalue weighted by molar-refractivity contribution is -0.179. The van der Waals surface area contributed by atoms with Crippen molar-refractivity contribution in [1.29, 1.82) is 0 Å².